The standard InChI is InChI=1S/C14H18N2O5S/c1-21-7-10(17)16-14-12(8-3-2-4-9(8)22-14)13(20)15-6-5-11(18)19/h2-7H2,1H3,(H,15,20)(H,16,17)(H,18,19). The van der Waals surface area contributed by atoms with Gasteiger partial charge in [-0.05, 0) is 24.8 Å². The Morgan fingerprint density at radius 1 is 1.32 bits per heavy atom. The molecule has 0 atom stereocenters. The molecule has 0 fully saturated rings. The number of methoxy groups -OCH3 is 1. The molecule has 0 saturated carbocycles. The fourth-order valence-electron chi connectivity index (χ4n) is 2.40. The van der Waals surface area contributed by atoms with E-state index in [1.807, 2.05) is 0 Å². The number of rotatable bonds is 7. The van der Waals surface area contributed by atoms with Gasteiger partial charge in [0.1, 0.15) is 11.6 Å². The number of carbonyl (C=O) groups excluding carboxylic acids is 2. The van der Waals surface area contributed by atoms with E-state index in [2.05, 4.69) is 10.6 Å². The minimum absolute atomic E-state index is 0.0598. The first-order valence-corrected chi connectivity index (χ1v) is 7.78. The number of nitrogens with one attached hydrogen (secondary N) is 2. The Balaban J connectivity index is 2.15. The Hall–Kier alpha value is -1.93. The van der Waals surface area contributed by atoms with Crippen molar-refractivity contribution in [3.8, 4) is 0 Å². The lowest BCUT2D eigenvalue weighted by Crippen LogP contribution is -2.28. The van der Waals surface area contributed by atoms with Crippen molar-refractivity contribution in [1.82, 2.24) is 5.32 Å². The summed E-state index contributed by atoms with van der Waals surface area (Å²) in [5.74, 6) is -1.63. The highest BCUT2D eigenvalue weighted by Gasteiger charge is 2.27. The van der Waals surface area contributed by atoms with E-state index in [4.69, 9.17) is 9.84 Å². The molecule has 22 heavy (non-hydrogen) atoms. The van der Waals surface area contributed by atoms with Gasteiger partial charge in [-0.15, -0.1) is 11.3 Å². The van der Waals surface area contributed by atoms with Gasteiger partial charge in [-0.3, -0.25) is 14.4 Å². The maximum atomic E-state index is 12.3. The molecule has 120 valence electrons. The van der Waals surface area contributed by atoms with Gasteiger partial charge in [0.2, 0.25) is 0 Å². The maximum Gasteiger partial charge on any atom is 0.305 e. The van der Waals surface area contributed by atoms with Crippen molar-refractivity contribution in [1.29, 1.82) is 0 Å². The van der Waals surface area contributed by atoms with Crippen LogP contribution in [0.25, 0.3) is 0 Å². The average molecular weight is 326 g/mol. The number of carbonyl (C=O) groups is 3. The third kappa shape index (κ3) is 3.83. The summed E-state index contributed by atoms with van der Waals surface area (Å²) in [6, 6.07) is 0. The largest absolute Gasteiger partial charge is 0.481 e. The first-order valence-electron chi connectivity index (χ1n) is 6.96. The molecule has 0 aromatic carbocycles. The van der Waals surface area contributed by atoms with Gasteiger partial charge >= 0.3 is 5.97 Å². The Morgan fingerprint density at radius 2 is 2.09 bits per heavy atom. The van der Waals surface area contributed by atoms with Gasteiger partial charge in [-0.1, -0.05) is 0 Å². The van der Waals surface area contributed by atoms with Crippen LogP contribution in [-0.2, 0) is 27.2 Å². The van der Waals surface area contributed by atoms with Crippen molar-refractivity contribution in [2.75, 3.05) is 25.6 Å². The van der Waals surface area contributed by atoms with Gasteiger partial charge in [0, 0.05) is 18.5 Å². The van der Waals surface area contributed by atoms with E-state index in [-0.39, 0.29) is 31.4 Å². The third-order valence-electron chi connectivity index (χ3n) is 3.30. The first kappa shape index (κ1) is 16.4. The minimum Gasteiger partial charge on any atom is -0.481 e. The lowest BCUT2D eigenvalue weighted by atomic mass is 10.1. The second-order valence-corrected chi connectivity index (χ2v) is 6.05. The summed E-state index contributed by atoms with van der Waals surface area (Å²) >= 11 is 1.41. The summed E-state index contributed by atoms with van der Waals surface area (Å²) < 4.78 is 4.77. The van der Waals surface area contributed by atoms with Crippen LogP contribution in [0.4, 0.5) is 5.00 Å². The first-order chi connectivity index (χ1) is 10.5. The number of aryl methyl sites for hydroxylation is 1. The Kier molecular flexibility index (Phi) is 5.51. The van der Waals surface area contributed by atoms with Crippen molar-refractivity contribution in [3.05, 3.63) is 16.0 Å². The smallest absolute Gasteiger partial charge is 0.305 e. The average Bonchev–Trinajstić information content (AvgIpc) is 2.98. The number of amides is 2. The van der Waals surface area contributed by atoms with E-state index in [1.54, 1.807) is 0 Å². The van der Waals surface area contributed by atoms with E-state index in [0.717, 1.165) is 29.7 Å². The fourth-order valence-corrected chi connectivity index (χ4v) is 3.70. The second kappa shape index (κ2) is 7.37. The SMILES string of the molecule is COCC(=O)Nc1sc2c(c1C(=O)NCCC(=O)O)CCC2. The monoisotopic (exact) mass is 326 g/mol. The summed E-state index contributed by atoms with van der Waals surface area (Å²) in [5.41, 5.74) is 1.43. The molecule has 1 aliphatic rings. The van der Waals surface area contributed by atoms with Crippen LogP contribution in [0.15, 0.2) is 0 Å². The van der Waals surface area contributed by atoms with E-state index in [0.29, 0.717) is 10.6 Å². The van der Waals surface area contributed by atoms with Crippen LogP contribution in [0.2, 0.25) is 0 Å². The molecule has 2 rings (SSSR count). The molecule has 1 aromatic rings. The van der Waals surface area contributed by atoms with Crippen molar-refractivity contribution >= 4 is 34.1 Å². The number of fused-ring (bicyclic) bond motifs is 1. The Bertz CT molecular complexity index is 596. The molecular formula is C14H18N2O5S. The lowest BCUT2D eigenvalue weighted by molar-refractivity contribution is -0.136. The highest BCUT2D eigenvalue weighted by molar-refractivity contribution is 7.17. The maximum absolute atomic E-state index is 12.3. The Morgan fingerprint density at radius 3 is 2.77 bits per heavy atom. The molecule has 0 saturated heterocycles. The van der Waals surface area contributed by atoms with E-state index in [1.165, 1.54) is 18.4 Å². The van der Waals surface area contributed by atoms with Crippen LogP contribution in [0, 0.1) is 0 Å². The minimum atomic E-state index is -0.968. The van der Waals surface area contributed by atoms with E-state index < -0.39 is 5.97 Å². The molecule has 1 heterocycles. The van der Waals surface area contributed by atoms with Crippen LogP contribution in [0.1, 0.15) is 33.6 Å². The number of anilines is 1. The summed E-state index contributed by atoms with van der Waals surface area (Å²) in [7, 11) is 1.42. The molecule has 3 N–H and O–H groups in total. The quantitative estimate of drug-likeness (QED) is 0.694. The lowest BCUT2D eigenvalue weighted by Gasteiger charge is -2.08. The van der Waals surface area contributed by atoms with Gasteiger partial charge in [0.25, 0.3) is 11.8 Å². The second-order valence-electron chi connectivity index (χ2n) is 4.94. The molecule has 1 aromatic heterocycles. The topological polar surface area (TPSA) is 105 Å². The molecule has 8 heteroatoms. The Labute approximate surface area is 131 Å². The molecular weight excluding hydrogens is 308 g/mol. The van der Waals surface area contributed by atoms with Crippen molar-refractivity contribution in [3.63, 3.8) is 0 Å². The molecule has 0 spiro atoms. The predicted octanol–water partition coefficient (Wildman–Crippen LogP) is 1.03. The molecule has 0 aliphatic heterocycles. The van der Waals surface area contributed by atoms with Crippen LogP contribution in [-0.4, -0.2) is 43.2 Å². The summed E-state index contributed by atoms with van der Waals surface area (Å²) in [6.07, 6.45) is 2.55. The summed E-state index contributed by atoms with van der Waals surface area (Å²) in [5, 5.41) is 14.4. The molecule has 0 unspecified atom stereocenters. The highest BCUT2D eigenvalue weighted by Crippen LogP contribution is 2.39. The predicted molar refractivity (Wildman–Crippen MR) is 81.4 cm³/mol. The van der Waals surface area contributed by atoms with Gasteiger partial charge in [0.15, 0.2) is 0 Å². The molecule has 2 amide bonds. The van der Waals surface area contributed by atoms with Crippen LogP contribution < -0.4 is 10.6 Å². The molecule has 0 bridgehead atoms. The zero-order chi connectivity index (χ0) is 16.1. The highest BCUT2D eigenvalue weighted by atomic mass is 32.1. The number of hydrogen-bond acceptors (Lipinski definition) is 5. The number of aliphatic carboxylic acids is 1. The number of thiophene rings is 1. The molecule has 7 nitrogen and oxygen atoms in total. The normalized spacial score (nSPS) is 12.8. The zero-order valence-corrected chi connectivity index (χ0v) is 13.0. The fraction of sp³-hybridized carbons (Fsp3) is 0.500. The molecule has 0 radical (unpaired) electrons. The van der Waals surface area contributed by atoms with Gasteiger partial charge in [0.05, 0.1) is 12.0 Å². The number of hydrogen-bond donors (Lipinski definition) is 3. The third-order valence-corrected chi connectivity index (χ3v) is 4.51. The number of ether oxygens (including phenoxy) is 1. The number of carboxylic acid groups (broad SMARTS) is 1. The van der Waals surface area contributed by atoms with Gasteiger partial charge in [-0.2, -0.15) is 0 Å². The van der Waals surface area contributed by atoms with Gasteiger partial charge < -0.3 is 20.5 Å². The zero-order valence-electron chi connectivity index (χ0n) is 12.2. The number of carboxylic acids is 1. The summed E-state index contributed by atoms with van der Waals surface area (Å²) in [6.45, 7) is -0.0209. The van der Waals surface area contributed by atoms with Crippen LogP contribution in [0.5, 0.6) is 0 Å². The van der Waals surface area contributed by atoms with E-state index in [9.17, 15) is 14.4 Å². The van der Waals surface area contributed by atoms with Gasteiger partial charge in [-0.25, -0.2) is 0 Å². The molecule has 1 aliphatic carbocycles. The summed E-state index contributed by atoms with van der Waals surface area (Å²) in [4.78, 5) is 35.6. The van der Waals surface area contributed by atoms with Crippen LogP contribution >= 0.6 is 11.3 Å². The van der Waals surface area contributed by atoms with Crippen LogP contribution in [0.3, 0.4) is 0 Å². The van der Waals surface area contributed by atoms with E-state index >= 15 is 0 Å². The van der Waals surface area contributed by atoms with Crippen molar-refractivity contribution in [2.45, 2.75) is 25.7 Å². The van der Waals surface area contributed by atoms with Crippen molar-refractivity contribution in [2.24, 2.45) is 0 Å². The van der Waals surface area contributed by atoms with Crippen molar-refractivity contribution < 1.29 is 24.2 Å².